The normalized spacial score (nSPS) is 13.1. The second kappa shape index (κ2) is 7.35. The van der Waals surface area contributed by atoms with E-state index in [-0.39, 0.29) is 0 Å². The third kappa shape index (κ3) is 3.74. The summed E-state index contributed by atoms with van der Waals surface area (Å²) >= 11 is 1.36. The van der Waals surface area contributed by atoms with E-state index in [1.54, 1.807) is 0 Å². The Hall–Kier alpha value is -1.24. The molecule has 0 aliphatic heterocycles. The summed E-state index contributed by atoms with van der Waals surface area (Å²) in [6.45, 7) is 5.96. The average molecular weight is 338 g/mol. The maximum Gasteiger partial charge on any atom is 0.195 e. The first-order valence-corrected chi connectivity index (χ1v) is 9.51. The average Bonchev–Trinajstić information content (AvgIpc) is 3.03. The molecule has 6 heteroatoms. The number of nitrogens with zero attached hydrogens (tertiary/aromatic N) is 1. The van der Waals surface area contributed by atoms with Crippen molar-refractivity contribution in [3.05, 3.63) is 40.9 Å². The number of hydrogen-bond donors (Lipinski definition) is 2. The molecule has 120 valence electrons. The molecule has 1 aromatic carbocycles. The second-order valence-electron chi connectivity index (χ2n) is 5.14. The molecule has 1 unspecified atom stereocenters. The fraction of sp³-hybridized carbons (Fsp3) is 0.438. The van der Waals surface area contributed by atoms with Gasteiger partial charge in [0.2, 0.25) is 0 Å². The van der Waals surface area contributed by atoms with Gasteiger partial charge in [0.25, 0.3) is 0 Å². The third-order valence-corrected chi connectivity index (χ3v) is 5.84. The topological polar surface area (TPSA) is 62.2 Å². The van der Waals surface area contributed by atoms with Crippen LogP contribution in [0.15, 0.2) is 34.5 Å². The van der Waals surface area contributed by atoms with Crippen LogP contribution < -0.4 is 4.72 Å². The second-order valence-corrected chi connectivity index (χ2v) is 7.22. The number of aliphatic hydroxyl groups is 1. The Labute approximate surface area is 138 Å². The number of hydrogen-bond acceptors (Lipinski definition) is 4. The van der Waals surface area contributed by atoms with Gasteiger partial charge in [-0.15, -0.1) is 11.3 Å². The molecule has 0 spiro atoms. The molecule has 0 saturated heterocycles. The van der Waals surface area contributed by atoms with Crippen molar-refractivity contribution in [1.82, 2.24) is 4.98 Å². The first kappa shape index (κ1) is 17.1. The molecule has 2 aromatic rings. The maximum absolute atomic E-state index is 12.3. The van der Waals surface area contributed by atoms with E-state index >= 15 is 0 Å². The smallest absolute Gasteiger partial charge is 0.195 e. The molecule has 0 aliphatic carbocycles. The van der Waals surface area contributed by atoms with Crippen LogP contribution in [0.2, 0.25) is 0 Å². The highest BCUT2D eigenvalue weighted by atomic mass is 32.2. The Morgan fingerprint density at radius 2 is 1.86 bits per heavy atom. The molecule has 0 amide bonds. The Kier molecular flexibility index (Phi) is 5.72. The van der Waals surface area contributed by atoms with Crippen LogP contribution in [0, 0.1) is 0 Å². The molecule has 0 saturated carbocycles. The van der Waals surface area contributed by atoms with Crippen LogP contribution in [-0.2, 0) is 23.0 Å². The van der Waals surface area contributed by atoms with Crippen LogP contribution in [0.5, 0.6) is 0 Å². The molecule has 22 heavy (non-hydrogen) atoms. The monoisotopic (exact) mass is 338 g/mol. The molecule has 0 aliphatic rings. The van der Waals surface area contributed by atoms with E-state index in [0.29, 0.717) is 23.7 Å². The van der Waals surface area contributed by atoms with Crippen LogP contribution in [-0.4, -0.2) is 14.3 Å². The lowest BCUT2D eigenvalue weighted by molar-refractivity contribution is 0.0247. The molecule has 2 rings (SSSR count). The summed E-state index contributed by atoms with van der Waals surface area (Å²) in [4.78, 5) is 5.11. The lowest BCUT2D eigenvalue weighted by atomic mass is 9.94. The van der Waals surface area contributed by atoms with Gasteiger partial charge in [0.1, 0.15) is 5.60 Å². The molecule has 0 bridgehead atoms. The first-order chi connectivity index (χ1) is 10.5. The lowest BCUT2D eigenvalue weighted by Crippen LogP contribution is -2.23. The highest BCUT2D eigenvalue weighted by molar-refractivity contribution is 7.86. The number of anilines is 1. The summed E-state index contributed by atoms with van der Waals surface area (Å²) in [5.41, 5.74) is 0.956. The van der Waals surface area contributed by atoms with Crippen molar-refractivity contribution in [3.63, 3.8) is 0 Å². The first-order valence-electron chi connectivity index (χ1n) is 7.48. The summed E-state index contributed by atoms with van der Waals surface area (Å²) in [6, 6.07) is 7.69. The van der Waals surface area contributed by atoms with Crippen molar-refractivity contribution >= 4 is 27.5 Å². The number of thiazole rings is 1. The van der Waals surface area contributed by atoms with Crippen molar-refractivity contribution in [2.45, 2.75) is 50.5 Å². The maximum atomic E-state index is 12.3. The fourth-order valence-electron chi connectivity index (χ4n) is 2.13. The fourth-order valence-corrected chi connectivity index (χ4v) is 3.90. The molecular weight excluding hydrogens is 316 g/mol. The van der Waals surface area contributed by atoms with Crippen molar-refractivity contribution in [1.29, 1.82) is 0 Å². The van der Waals surface area contributed by atoms with Crippen LogP contribution in [0.3, 0.4) is 0 Å². The van der Waals surface area contributed by atoms with Crippen molar-refractivity contribution < 1.29 is 9.32 Å². The van der Waals surface area contributed by atoms with Gasteiger partial charge in [-0.25, -0.2) is 9.19 Å². The largest absolute Gasteiger partial charge is 0.384 e. The van der Waals surface area contributed by atoms with Gasteiger partial charge in [0.05, 0.1) is 10.6 Å². The van der Waals surface area contributed by atoms with E-state index in [1.807, 2.05) is 43.5 Å². The van der Waals surface area contributed by atoms with Gasteiger partial charge in [-0.2, -0.15) is 0 Å². The van der Waals surface area contributed by atoms with E-state index in [4.69, 9.17) is 0 Å². The summed E-state index contributed by atoms with van der Waals surface area (Å²) in [5, 5.41) is 12.9. The zero-order valence-electron chi connectivity index (χ0n) is 13.1. The number of aromatic nitrogens is 1. The molecule has 0 radical (unpaired) electrons. The Morgan fingerprint density at radius 1 is 1.23 bits per heavy atom. The molecule has 1 aromatic heterocycles. The van der Waals surface area contributed by atoms with Crippen LogP contribution in [0.1, 0.15) is 44.9 Å². The summed E-state index contributed by atoms with van der Waals surface area (Å²) in [7, 11) is -1.35. The minimum atomic E-state index is -1.35. The van der Waals surface area contributed by atoms with Crippen molar-refractivity contribution in [2.75, 3.05) is 4.72 Å². The summed E-state index contributed by atoms with van der Waals surface area (Å²) < 4.78 is 15.2. The van der Waals surface area contributed by atoms with E-state index in [9.17, 15) is 9.32 Å². The van der Waals surface area contributed by atoms with Crippen LogP contribution >= 0.6 is 11.3 Å². The Balaban J connectivity index is 2.10. The predicted octanol–water partition coefficient (Wildman–Crippen LogP) is 3.85. The Morgan fingerprint density at radius 3 is 2.41 bits per heavy atom. The van der Waals surface area contributed by atoms with E-state index < -0.39 is 16.6 Å². The summed E-state index contributed by atoms with van der Waals surface area (Å²) in [5.74, 6) is 0. The number of nitrogens with one attached hydrogen (secondary N) is 1. The van der Waals surface area contributed by atoms with Gasteiger partial charge in [-0.05, 0) is 37.0 Å². The number of benzene rings is 1. The van der Waals surface area contributed by atoms with E-state index in [1.165, 1.54) is 16.9 Å². The third-order valence-electron chi connectivity index (χ3n) is 3.88. The molecule has 1 atom stereocenters. The van der Waals surface area contributed by atoms with Gasteiger partial charge in [0, 0.05) is 5.38 Å². The zero-order valence-corrected chi connectivity index (χ0v) is 14.8. The molecular formula is C16H22N2O2S2. The van der Waals surface area contributed by atoms with E-state index in [2.05, 4.69) is 16.6 Å². The molecule has 0 fully saturated rings. The minimum absolute atomic E-state index is 0.563. The predicted molar refractivity (Wildman–Crippen MR) is 92.4 cm³/mol. The standard InChI is InChI=1S/C16H22N2O2S2/c1-4-12-7-9-13(10-8-12)22(20)18-15-17-14(11-21-15)16(19,5-2)6-3/h7-11,19H,4-6H2,1-3H3,(H,17,18). The van der Waals surface area contributed by atoms with Gasteiger partial charge >= 0.3 is 0 Å². The van der Waals surface area contributed by atoms with Gasteiger partial charge in [0.15, 0.2) is 16.1 Å². The minimum Gasteiger partial charge on any atom is -0.384 e. The van der Waals surface area contributed by atoms with Crippen LogP contribution in [0.25, 0.3) is 0 Å². The molecule has 4 nitrogen and oxygen atoms in total. The van der Waals surface area contributed by atoms with Gasteiger partial charge in [-0.1, -0.05) is 32.9 Å². The van der Waals surface area contributed by atoms with E-state index in [0.717, 1.165) is 11.3 Å². The molecule has 1 heterocycles. The van der Waals surface area contributed by atoms with Gasteiger partial charge < -0.3 is 5.11 Å². The number of rotatable bonds is 7. The van der Waals surface area contributed by atoms with Crippen molar-refractivity contribution in [2.24, 2.45) is 0 Å². The Bertz CT molecular complexity index is 634. The van der Waals surface area contributed by atoms with Crippen molar-refractivity contribution in [3.8, 4) is 0 Å². The number of aryl methyl sites for hydroxylation is 1. The quantitative estimate of drug-likeness (QED) is 0.806. The highest BCUT2D eigenvalue weighted by Gasteiger charge is 2.28. The highest BCUT2D eigenvalue weighted by Crippen LogP contribution is 2.31. The lowest BCUT2D eigenvalue weighted by Gasteiger charge is -2.22. The van der Waals surface area contributed by atoms with Gasteiger partial charge in [-0.3, -0.25) is 4.72 Å². The zero-order chi connectivity index (χ0) is 16.2. The van der Waals surface area contributed by atoms with Crippen LogP contribution in [0.4, 0.5) is 5.13 Å². The SMILES string of the molecule is CCc1ccc(S(=O)Nc2nc(C(O)(CC)CC)cs2)cc1. The summed E-state index contributed by atoms with van der Waals surface area (Å²) in [6.07, 6.45) is 2.17. The molecule has 2 N–H and O–H groups in total.